The lowest BCUT2D eigenvalue weighted by atomic mass is 9.96. The van der Waals surface area contributed by atoms with Gasteiger partial charge in [-0.2, -0.15) is 0 Å². The number of amidine groups is 1. The van der Waals surface area contributed by atoms with E-state index in [-0.39, 0.29) is 11.7 Å². The van der Waals surface area contributed by atoms with Crippen molar-refractivity contribution in [3.8, 4) is 0 Å². The quantitative estimate of drug-likeness (QED) is 0.345. The molecule has 1 aromatic carbocycles. The number of nitrogens with two attached hydrogens (primary N) is 1. The van der Waals surface area contributed by atoms with E-state index in [2.05, 4.69) is 5.16 Å². The molecule has 1 aromatic rings. The van der Waals surface area contributed by atoms with Crippen LogP contribution in [0.1, 0.15) is 25.8 Å². The van der Waals surface area contributed by atoms with Crippen molar-refractivity contribution in [2.45, 2.75) is 26.7 Å². The van der Waals surface area contributed by atoms with E-state index in [9.17, 15) is 4.79 Å². The third kappa shape index (κ3) is 4.26. The molecule has 0 heterocycles. The van der Waals surface area contributed by atoms with Crippen LogP contribution in [0.5, 0.6) is 0 Å². The highest BCUT2D eigenvalue weighted by molar-refractivity contribution is 6.02. The molecular weight excluding hydrogens is 254 g/mol. The van der Waals surface area contributed by atoms with E-state index < -0.39 is 5.92 Å². The Morgan fingerprint density at radius 1 is 1.35 bits per heavy atom. The summed E-state index contributed by atoms with van der Waals surface area (Å²) in [5, 5.41) is 11.9. The van der Waals surface area contributed by atoms with Crippen LogP contribution in [0.4, 0.5) is 0 Å². The molecule has 0 radical (unpaired) electrons. The van der Waals surface area contributed by atoms with E-state index >= 15 is 0 Å². The molecule has 3 N–H and O–H groups in total. The van der Waals surface area contributed by atoms with Gasteiger partial charge in [0, 0.05) is 13.1 Å². The average Bonchev–Trinajstić information content (AvgIpc) is 2.50. The predicted octanol–water partition coefficient (Wildman–Crippen LogP) is 1.85. The molecular formula is C15H23N3O2. The van der Waals surface area contributed by atoms with Crippen LogP contribution >= 0.6 is 0 Å². The Balaban J connectivity index is 2.92. The van der Waals surface area contributed by atoms with Crippen molar-refractivity contribution in [2.24, 2.45) is 16.8 Å². The summed E-state index contributed by atoms with van der Waals surface area (Å²) in [7, 11) is 0. The number of hydrogen-bond donors (Lipinski definition) is 2. The van der Waals surface area contributed by atoms with Crippen LogP contribution in [0.15, 0.2) is 35.5 Å². The summed E-state index contributed by atoms with van der Waals surface area (Å²) >= 11 is 0. The molecule has 0 bridgehead atoms. The fraction of sp³-hybridized carbons (Fsp3) is 0.467. The Hall–Kier alpha value is -2.04. The van der Waals surface area contributed by atoms with Crippen LogP contribution in [0.25, 0.3) is 0 Å². The molecule has 1 amide bonds. The number of oxime groups is 1. The number of benzene rings is 1. The Kier molecular flexibility index (Phi) is 6.56. The minimum Gasteiger partial charge on any atom is -0.409 e. The number of amides is 1. The summed E-state index contributed by atoms with van der Waals surface area (Å²) in [6.45, 7) is 5.25. The first-order chi connectivity index (χ1) is 9.63. The third-order valence-electron chi connectivity index (χ3n) is 3.24. The number of carbonyl (C=O) groups excluding carboxylic acids is 1. The van der Waals surface area contributed by atoms with Crippen LogP contribution in [0.2, 0.25) is 0 Å². The first kappa shape index (κ1) is 16.0. The normalized spacial score (nSPS) is 13.0. The van der Waals surface area contributed by atoms with Gasteiger partial charge < -0.3 is 15.8 Å². The second kappa shape index (κ2) is 8.19. The van der Waals surface area contributed by atoms with Crippen LogP contribution in [0, 0.1) is 5.92 Å². The molecule has 0 saturated carbocycles. The molecule has 1 rings (SSSR count). The molecule has 0 aliphatic rings. The lowest BCUT2D eigenvalue weighted by molar-refractivity contribution is -0.133. The highest BCUT2D eigenvalue weighted by Crippen LogP contribution is 2.13. The smallest absolute Gasteiger partial charge is 0.233 e. The van der Waals surface area contributed by atoms with Gasteiger partial charge in [-0.1, -0.05) is 42.4 Å². The number of nitrogens with zero attached hydrogens (tertiary/aromatic N) is 2. The van der Waals surface area contributed by atoms with E-state index in [4.69, 9.17) is 10.9 Å². The lowest BCUT2D eigenvalue weighted by Crippen LogP contribution is -2.43. The highest BCUT2D eigenvalue weighted by Gasteiger charge is 2.27. The van der Waals surface area contributed by atoms with Gasteiger partial charge in [-0.3, -0.25) is 4.79 Å². The molecule has 0 aliphatic heterocycles. The van der Waals surface area contributed by atoms with Gasteiger partial charge in [0.05, 0.1) is 0 Å². The van der Waals surface area contributed by atoms with Crippen molar-refractivity contribution >= 4 is 11.7 Å². The minimum absolute atomic E-state index is 0.0339. The highest BCUT2D eigenvalue weighted by atomic mass is 16.4. The second-order valence-corrected chi connectivity index (χ2v) is 4.69. The van der Waals surface area contributed by atoms with E-state index in [1.54, 1.807) is 4.90 Å². The van der Waals surface area contributed by atoms with Crippen molar-refractivity contribution in [3.63, 3.8) is 0 Å². The largest absolute Gasteiger partial charge is 0.409 e. The van der Waals surface area contributed by atoms with Gasteiger partial charge in [0.1, 0.15) is 5.92 Å². The van der Waals surface area contributed by atoms with Gasteiger partial charge in [0.2, 0.25) is 5.91 Å². The Morgan fingerprint density at radius 3 is 2.50 bits per heavy atom. The molecule has 1 atom stereocenters. The third-order valence-corrected chi connectivity index (χ3v) is 3.24. The van der Waals surface area contributed by atoms with Gasteiger partial charge >= 0.3 is 0 Å². The lowest BCUT2D eigenvalue weighted by Gasteiger charge is -2.25. The maximum Gasteiger partial charge on any atom is 0.233 e. The number of rotatable bonds is 7. The summed E-state index contributed by atoms with van der Waals surface area (Å²) in [4.78, 5) is 14.3. The topological polar surface area (TPSA) is 78.9 Å². The molecule has 1 unspecified atom stereocenters. The van der Waals surface area contributed by atoms with Crippen LogP contribution in [-0.2, 0) is 11.2 Å². The van der Waals surface area contributed by atoms with E-state index in [0.29, 0.717) is 19.5 Å². The fourth-order valence-corrected chi connectivity index (χ4v) is 2.15. The first-order valence-corrected chi connectivity index (χ1v) is 6.94. The zero-order valence-electron chi connectivity index (χ0n) is 12.1. The standard InChI is InChI=1S/C15H23N3O2/c1-3-10-18(4-2)15(19)13(14(16)17-20)11-12-8-6-5-7-9-12/h5-9,13,20H,3-4,10-11H2,1-2H3,(H2,16,17). The monoisotopic (exact) mass is 277 g/mol. The first-order valence-electron chi connectivity index (χ1n) is 6.94. The molecule has 0 saturated heterocycles. The molecule has 0 aliphatic carbocycles. The molecule has 5 heteroatoms. The minimum atomic E-state index is -0.617. The van der Waals surface area contributed by atoms with Gasteiger partial charge in [-0.05, 0) is 25.3 Å². The maximum absolute atomic E-state index is 12.5. The molecule has 110 valence electrons. The molecule has 0 aromatic heterocycles. The zero-order valence-corrected chi connectivity index (χ0v) is 12.1. The summed E-state index contributed by atoms with van der Waals surface area (Å²) in [5.74, 6) is -0.740. The van der Waals surface area contributed by atoms with Gasteiger partial charge in [-0.25, -0.2) is 0 Å². The van der Waals surface area contributed by atoms with E-state index in [0.717, 1.165) is 12.0 Å². The SMILES string of the molecule is CCCN(CC)C(=O)C(Cc1ccccc1)C(N)=NO. The Morgan fingerprint density at radius 2 is 2.00 bits per heavy atom. The number of carbonyl (C=O) groups is 1. The average molecular weight is 277 g/mol. The van der Waals surface area contributed by atoms with Gasteiger partial charge in [0.15, 0.2) is 5.84 Å². The molecule has 0 fully saturated rings. The van der Waals surface area contributed by atoms with Crippen molar-refractivity contribution in [1.29, 1.82) is 0 Å². The van der Waals surface area contributed by atoms with Crippen molar-refractivity contribution in [3.05, 3.63) is 35.9 Å². The summed E-state index contributed by atoms with van der Waals surface area (Å²) in [5.41, 5.74) is 6.70. The van der Waals surface area contributed by atoms with Crippen molar-refractivity contribution in [1.82, 2.24) is 4.90 Å². The van der Waals surface area contributed by atoms with Crippen molar-refractivity contribution < 1.29 is 10.0 Å². The maximum atomic E-state index is 12.5. The van der Waals surface area contributed by atoms with E-state index in [1.807, 2.05) is 44.2 Å². The number of hydrogen-bond acceptors (Lipinski definition) is 3. The summed E-state index contributed by atoms with van der Waals surface area (Å²) in [6, 6.07) is 9.60. The van der Waals surface area contributed by atoms with E-state index in [1.165, 1.54) is 0 Å². The van der Waals surface area contributed by atoms with Crippen LogP contribution < -0.4 is 5.73 Å². The van der Waals surface area contributed by atoms with Gasteiger partial charge in [-0.15, -0.1) is 0 Å². The Labute approximate surface area is 120 Å². The van der Waals surface area contributed by atoms with Crippen molar-refractivity contribution in [2.75, 3.05) is 13.1 Å². The second-order valence-electron chi connectivity index (χ2n) is 4.69. The predicted molar refractivity (Wildman–Crippen MR) is 79.6 cm³/mol. The van der Waals surface area contributed by atoms with Gasteiger partial charge in [0.25, 0.3) is 0 Å². The van der Waals surface area contributed by atoms with Crippen LogP contribution in [0.3, 0.4) is 0 Å². The Bertz CT molecular complexity index is 446. The fourth-order valence-electron chi connectivity index (χ4n) is 2.15. The summed E-state index contributed by atoms with van der Waals surface area (Å²) < 4.78 is 0. The molecule has 5 nitrogen and oxygen atoms in total. The molecule has 0 spiro atoms. The van der Waals surface area contributed by atoms with Crippen LogP contribution in [-0.4, -0.2) is 34.9 Å². The molecule has 20 heavy (non-hydrogen) atoms. The zero-order chi connectivity index (χ0) is 15.0. The summed E-state index contributed by atoms with van der Waals surface area (Å²) in [6.07, 6.45) is 1.32.